The van der Waals surface area contributed by atoms with Gasteiger partial charge in [-0.15, -0.1) is 0 Å². The Balaban J connectivity index is 0.869. The molecule has 54 heavy (non-hydrogen) atoms. The first-order chi connectivity index (χ1) is 26.0. The van der Waals surface area contributed by atoms with Gasteiger partial charge in [0, 0.05) is 36.8 Å². The highest BCUT2D eigenvalue weighted by atomic mass is 16.6. The van der Waals surface area contributed by atoms with Gasteiger partial charge in [-0.3, -0.25) is 29.0 Å². The van der Waals surface area contributed by atoms with Crippen LogP contribution in [0.2, 0.25) is 0 Å². The molecule has 286 valence electrons. The fraction of sp³-hybridized carbons (Fsp3) is 0.619. The van der Waals surface area contributed by atoms with Crippen molar-refractivity contribution in [2.24, 2.45) is 0 Å². The predicted octanol–water partition coefficient (Wildman–Crippen LogP) is 3.77. The van der Waals surface area contributed by atoms with Crippen molar-refractivity contribution in [1.29, 1.82) is 0 Å². The second-order valence-corrected chi connectivity index (χ2v) is 17.0. The van der Waals surface area contributed by atoms with Gasteiger partial charge in [0.1, 0.15) is 11.2 Å². The molecule has 2 saturated carbocycles. The van der Waals surface area contributed by atoms with E-state index in [0.717, 1.165) is 35.3 Å². The van der Waals surface area contributed by atoms with E-state index >= 15 is 0 Å². The van der Waals surface area contributed by atoms with E-state index in [1.807, 2.05) is 12.1 Å². The molecule has 4 bridgehead atoms. The monoisotopic (exact) mass is 740 g/mol. The van der Waals surface area contributed by atoms with Gasteiger partial charge in [0.25, 0.3) is 0 Å². The highest BCUT2D eigenvalue weighted by Crippen LogP contribution is 2.67. The Bertz CT molecular complexity index is 1870. The fourth-order valence-electron chi connectivity index (χ4n) is 12.8. The van der Waals surface area contributed by atoms with Crippen molar-refractivity contribution in [3.63, 3.8) is 0 Å². The highest BCUT2D eigenvalue weighted by molar-refractivity contribution is 5.91. The molecule has 2 aromatic rings. The minimum Gasteiger partial charge on any atom is -0.493 e. The molecule has 10 rings (SSSR count). The van der Waals surface area contributed by atoms with E-state index in [1.54, 1.807) is 14.2 Å². The molecule has 0 N–H and O–H groups in total. The number of unbranched alkanes of at least 4 members (excludes halogenated alkanes) is 1. The maximum atomic E-state index is 13.9. The molecule has 2 spiro atoms. The van der Waals surface area contributed by atoms with Crippen LogP contribution in [0.25, 0.3) is 0 Å². The van der Waals surface area contributed by atoms with Crippen molar-refractivity contribution < 1.29 is 47.6 Å². The minimum atomic E-state index is -0.918. The van der Waals surface area contributed by atoms with Gasteiger partial charge in [0.15, 0.2) is 46.8 Å². The summed E-state index contributed by atoms with van der Waals surface area (Å²) in [6, 6.07) is 7.76. The highest BCUT2D eigenvalue weighted by Gasteiger charge is 2.77. The second-order valence-electron chi connectivity index (χ2n) is 17.0. The van der Waals surface area contributed by atoms with E-state index in [2.05, 4.69) is 36.0 Å². The topological polar surface area (TPSA) is 130 Å². The Morgan fingerprint density at radius 1 is 0.685 bits per heavy atom. The van der Waals surface area contributed by atoms with Gasteiger partial charge in [0.05, 0.1) is 37.1 Å². The molecule has 4 aliphatic carbocycles. The molecule has 4 heterocycles. The molecule has 8 aliphatic rings. The smallest absolute Gasteiger partial charge is 0.306 e. The van der Waals surface area contributed by atoms with Gasteiger partial charge in [0.2, 0.25) is 0 Å². The van der Waals surface area contributed by atoms with Crippen LogP contribution >= 0.6 is 0 Å². The molecule has 0 unspecified atom stereocenters. The molecule has 12 heteroatoms. The number of Topliss-reactive ketones (excluding diaryl/α,β-unsaturated/α-hetero) is 2. The quantitative estimate of drug-likeness (QED) is 0.274. The SMILES string of the molecule is COc1ccc2c3c1O[C@H]1C(=O)CC[C@@]4(OC(=O)CCCCC(=O)O[C@@]56CCC(=O)[C@@H]7Oc8c(OC)ccc9c8[C@@]75CCN(C)[C@@H]6C9)[C@H](C2)N(C)CC[C@]314. The molecule has 4 fully saturated rings. The number of hydrogen-bond acceptors (Lipinski definition) is 12. The number of nitrogens with zero attached hydrogens (tertiary/aromatic N) is 2. The third kappa shape index (κ3) is 4.06. The van der Waals surface area contributed by atoms with E-state index in [1.165, 1.54) is 0 Å². The molecule has 0 radical (unpaired) electrons. The number of likely N-dealkylation sites (N-methyl/N-ethyl adjacent to an activating group) is 2. The number of hydrogen-bond donors (Lipinski definition) is 0. The van der Waals surface area contributed by atoms with Gasteiger partial charge < -0.3 is 28.4 Å². The van der Waals surface area contributed by atoms with Gasteiger partial charge in [-0.25, -0.2) is 0 Å². The van der Waals surface area contributed by atoms with Crippen LogP contribution in [0.1, 0.15) is 86.5 Å². The summed E-state index contributed by atoms with van der Waals surface area (Å²) < 4.78 is 37.8. The molecule has 4 aliphatic heterocycles. The number of methoxy groups -OCH3 is 2. The fourth-order valence-corrected chi connectivity index (χ4v) is 12.8. The lowest BCUT2D eigenvalue weighted by atomic mass is 9.49. The zero-order valence-electron chi connectivity index (χ0n) is 31.5. The first kappa shape index (κ1) is 34.3. The van der Waals surface area contributed by atoms with Crippen LogP contribution in [0.15, 0.2) is 24.3 Å². The summed E-state index contributed by atoms with van der Waals surface area (Å²) in [5.74, 6) is 1.84. The standard InChI is InChI=1S/C42H48N2O10/c1-43-19-17-39-33-23-9-11-27(49-3)35(33)51-37(39)25(45)13-15-41(39,29(43)21-23)53-31(47)7-5-6-8-32(48)54-42-16-14-26(46)38-40(42)18-20-44(2)30(42)22-24-10-12-28(50-4)36(52-38)34(24)40/h9-12,29-30,37-38H,5-8,13-22H2,1-4H3/t29-,30+,37-,38-,39-,40-,41+,42+/m0/s1. The van der Waals surface area contributed by atoms with Crippen molar-refractivity contribution in [3.8, 4) is 23.0 Å². The normalized spacial score (nSPS) is 36.4. The second kappa shape index (κ2) is 11.7. The van der Waals surface area contributed by atoms with Crippen molar-refractivity contribution >= 4 is 23.5 Å². The first-order valence-electron chi connectivity index (χ1n) is 19.7. The third-order valence-corrected chi connectivity index (χ3v) is 15.0. The summed E-state index contributed by atoms with van der Waals surface area (Å²) in [6.45, 7) is 1.52. The molecule has 8 atom stereocenters. The van der Waals surface area contributed by atoms with E-state index in [-0.39, 0.29) is 61.3 Å². The summed E-state index contributed by atoms with van der Waals surface area (Å²) in [6.07, 6.45) is 3.80. The van der Waals surface area contributed by atoms with E-state index < -0.39 is 34.2 Å². The van der Waals surface area contributed by atoms with Crippen molar-refractivity contribution in [3.05, 3.63) is 46.5 Å². The number of esters is 2. The number of benzene rings is 2. The lowest BCUT2D eigenvalue weighted by Crippen LogP contribution is -2.77. The van der Waals surface area contributed by atoms with Gasteiger partial charge in [-0.1, -0.05) is 12.1 Å². The predicted molar refractivity (Wildman–Crippen MR) is 192 cm³/mol. The average molecular weight is 741 g/mol. The van der Waals surface area contributed by atoms with Crippen LogP contribution in [-0.2, 0) is 52.3 Å². The van der Waals surface area contributed by atoms with Crippen LogP contribution < -0.4 is 18.9 Å². The Morgan fingerprint density at radius 3 is 1.52 bits per heavy atom. The van der Waals surface area contributed by atoms with Gasteiger partial charge in [-0.05, 0) is 102 Å². The maximum absolute atomic E-state index is 13.9. The molecule has 2 saturated heterocycles. The van der Waals surface area contributed by atoms with Gasteiger partial charge >= 0.3 is 11.9 Å². The molecular weight excluding hydrogens is 692 g/mol. The Labute approximate surface area is 314 Å². The largest absolute Gasteiger partial charge is 0.493 e. The number of carbonyl (C=O) groups is 4. The van der Waals surface area contributed by atoms with Crippen molar-refractivity contribution in [2.45, 2.75) is 123 Å². The minimum absolute atomic E-state index is 0.0403. The number of rotatable bonds is 9. The maximum Gasteiger partial charge on any atom is 0.306 e. The lowest BCUT2D eigenvalue weighted by molar-refractivity contribution is -0.214. The van der Waals surface area contributed by atoms with Crippen LogP contribution in [0, 0.1) is 0 Å². The summed E-state index contributed by atoms with van der Waals surface area (Å²) in [7, 11) is 7.36. The van der Waals surface area contributed by atoms with Crippen molar-refractivity contribution in [2.75, 3.05) is 41.4 Å². The van der Waals surface area contributed by atoms with E-state index in [9.17, 15) is 19.2 Å². The van der Waals surface area contributed by atoms with Crippen LogP contribution in [-0.4, -0.2) is 110 Å². The first-order valence-corrected chi connectivity index (χ1v) is 19.7. The Kier molecular flexibility index (Phi) is 7.43. The number of likely N-dealkylation sites (tertiary alicyclic amines) is 2. The zero-order chi connectivity index (χ0) is 37.4. The van der Waals surface area contributed by atoms with Crippen LogP contribution in [0.3, 0.4) is 0 Å². The van der Waals surface area contributed by atoms with Crippen molar-refractivity contribution in [1.82, 2.24) is 9.80 Å². The molecular formula is C42H48N2O10. The summed E-state index contributed by atoms with van der Waals surface area (Å²) in [5, 5.41) is 0. The number of carbonyl (C=O) groups excluding carboxylic acids is 4. The molecule has 12 nitrogen and oxygen atoms in total. The molecule has 2 aromatic carbocycles. The summed E-state index contributed by atoms with van der Waals surface area (Å²) in [4.78, 5) is 59.5. The number of ether oxygens (including phenoxy) is 6. The van der Waals surface area contributed by atoms with Gasteiger partial charge in [-0.2, -0.15) is 0 Å². The molecule has 0 aromatic heterocycles. The van der Waals surface area contributed by atoms with Crippen LogP contribution in [0.5, 0.6) is 23.0 Å². The van der Waals surface area contributed by atoms with Crippen LogP contribution in [0.4, 0.5) is 0 Å². The Hall–Kier alpha value is -4.16. The lowest BCUT2D eigenvalue weighted by Gasteiger charge is -2.63. The number of piperidine rings is 2. The van der Waals surface area contributed by atoms with E-state index in [0.29, 0.717) is 74.4 Å². The zero-order valence-corrected chi connectivity index (χ0v) is 31.5. The third-order valence-electron chi connectivity index (χ3n) is 15.0. The van der Waals surface area contributed by atoms with E-state index in [4.69, 9.17) is 28.4 Å². The Morgan fingerprint density at radius 2 is 1.11 bits per heavy atom. The summed E-state index contributed by atoms with van der Waals surface area (Å²) >= 11 is 0. The molecule has 0 amide bonds. The summed E-state index contributed by atoms with van der Waals surface area (Å²) in [5.41, 5.74) is 0.811. The number of ketones is 2. The average Bonchev–Trinajstić information content (AvgIpc) is 3.71.